The van der Waals surface area contributed by atoms with E-state index in [1.54, 1.807) is 0 Å². The molecule has 1 aromatic carbocycles. The van der Waals surface area contributed by atoms with Crippen LogP contribution in [0.2, 0.25) is 0 Å². The molecule has 0 spiro atoms. The number of rotatable bonds is 4. The van der Waals surface area contributed by atoms with Crippen LogP contribution in [0.1, 0.15) is 23.5 Å². The molecule has 3 nitrogen and oxygen atoms in total. The van der Waals surface area contributed by atoms with E-state index in [2.05, 4.69) is 29.2 Å². The number of benzene rings is 1. The number of aliphatic carboxylic acids is 1. The Hall–Kier alpha value is -1.35. The van der Waals surface area contributed by atoms with Crippen LogP contribution in [0, 0.1) is 5.92 Å². The molecule has 2 atom stereocenters. The highest BCUT2D eigenvalue weighted by Gasteiger charge is 2.43. The number of nitrogens with zero attached hydrogens (tertiary/aromatic N) is 1. The lowest BCUT2D eigenvalue weighted by atomic mass is 10.1. The summed E-state index contributed by atoms with van der Waals surface area (Å²) in [6.45, 7) is 0.924. The molecular weight excluding hydrogens is 202 g/mol. The Labute approximate surface area is 95.7 Å². The first-order valence-electron chi connectivity index (χ1n) is 5.54. The molecule has 86 valence electrons. The fraction of sp³-hybridized carbons (Fsp3) is 0.462. The van der Waals surface area contributed by atoms with Gasteiger partial charge in [-0.1, -0.05) is 24.3 Å². The van der Waals surface area contributed by atoms with E-state index in [-0.39, 0.29) is 11.8 Å². The van der Waals surface area contributed by atoms with Gasteiger partial charge in [0.15, 0.2) is 0 Å². The quantitative estimate of drug-likeness (QED) is 0.841. The highest BCUT2D eigenvalue weighted by molar-refractivity contribution is 5.75. The van der Waals surface area contributed by atoms with Gasteiger partial charge in [-0.25, -0.2) is 0 Å². The van der Waals surface area contributed by atoms with Crippen molar-refractivity contribution in [2.24, 2.45) is 5.92 Å². The van der Waals surface area contributed by atoms with Crippen LogP contribution in [0.3, 0.4) is 0 Å². The Bertz CT molecular complexity index is 383. The standard InChI is InChI=1S/C13H17NO2/c1-14(2)8-9-3-5-10(6-4-9)11-7-12(11)13(15)16/h3-6,11-12H,7-8H2,1-2H3,(H,15,16). The van der Waals surface area contributed by atoms with Gasteiger partial charge in [-0.15, -0.1) is 0 Å². The maximum atomic E-state index is 10.8. The zero-order valence-corrected chi connectivity index (χ0v) is 9.68. The van der Waals surface area contributed by atoms with E-state index in [1.807, 2.05) is 14.1 Å². The van der Waals surface area contributed by atoms with Crippen molar-refractivity contribution >= 4 is 5.97 Å². The van der Waals surface area contributed by atoms with Crippen LogP contribution in [-0.4, -0.2) is 30.1 Å². The number of hydrogen-bond acceptors (Lipinski definition) is 2. The molecule has 1 N–H and O–H groups in total. The lowest BCUT2D eigenvalue weighted by Crippen LogP contribution is -2.10. The summed E-state index contributed by atoms with van der Waals surface area (Å²) < 4.78 is 0. The van der Waals surface area contributed by atoms with Crippen molar-refractivity contribution in [3.8, 4) is 0 Å². The van der Waals surface area contributed by atoms with Gasteiger partial charge in [0.05, 0.1) is 5.92 Å². The smallest absolute Gasteiger partial charge is 0.307 e. The molecule has 1 fully saturated rings. The van der Waals surface area contributed by atoms with E-state index < -0.39 is 5.97 Å². The van der Waals surface area contributed by atoms with Gasteiger partial charge < -0.3 is 10.0 Å². The van der Waals surface area contributed by atoms with Crippen LogP contribution in [0.4, 0.5) is 0 Å². The van der Waals surface area contributed by atoms with Crippen molar-refractivity contribution in [1.82, 2.24) is 4.90 Å². The van der Waals surface area contributed by atoms with Gasteiger partial charge in [0.2, 0.25) is 0 Å². The normalized spacial score (nSPS) is 23.4. The Balaban J connectivity index is 2.01. The zero-order valence-electron chi connectivity index (χ0n) is 9.68. The van der Waals surface area contributed by atoms with Crippen LogP contribution >= 0.6 is 0 Å². The third kappa shape index (κ3) is 2.42. The van der Waals surface area contributed by atoms with Gasteiger partial charge >= 0.3 is 5.97 Å². The molecule has 16 heavy (non-hydrogen) atoms. The van der Waals surface area contributed by atoms with E-state index >= 15 is 0 Å². The minimum Gasteiger partial charge on any atom is -0.481 e. The molecule has 1 aromatic rings. The molecule has 0 radical (unpaired) electrons. The summed E-state index contributed by atoms with van der Waals surface area (Å²) >= 11 is 0. The molecule has 2 unspecified atom stereocenters. The van der Waals surface area contributed by atoms with Crippen molar-refractivity contribution in [2.75, 3.05) is 14.1 Å². The molecule has 0 saturated heterocycles. The van der Waals surface area contributed by atoms with Crippen molar-refractivity contribution in [3.05, 3.63) is 35.4 Å². The first-order valence-corrected chi connectivity index (χ1v) is 5.54. The van der Waals surface area contributed by atoms with Crippen LogP contribution in [-0.2, 0) is 11.3 Å². The molecule has 0 amide bonds. The minimum absolute atomic E-state index is 0.153. The molecule has 3 heteroatoms. The number of carboxylic acid groups (broad SMARTS) is 1. The summed E-state index contributed by atoms with van der Waals surface area (Å²) in [4.78, 5) is 12.9. The van der Waals surface area contributed by atoms with E-state index in [0.29, 0.717) is 0 Å². The fourth-order valence-electron chi connectivity index (χ4n) is 2.07. The molecule has 2 rings (SSSR count). The Morgan fingerprint density at radius 2 is 2.00 bits per heavy atom. The van der Waals surface area contributed by atoms with E-state index in [1.165, 1.54) is 5.56 Å². The highest BCUT2D eigenvalue weighted by Crippen LogP contribution is 2.47. The first kappa shape index (κ1) is 11.1. The number of carboxylic acids is 1. The molecule has 0 aliphatic heterocycles. The average molecular weight is 219 g/mol. The van der Waals surface area contributed by atoms with Gasteiger partial charge in [0.1, 0.15) is 0 Å². The molecular formula is C13H17NO2. The Morgan fingerprint density at radius 3 is 2.44 bits per heavy atom. The third-order valence-corrected chi connectivity index (χ3v) is 3.01. The topological polar surface area (TPSA) is 40.5 Å². The zero-order chi connectivity index (χ0) is 11.7. The Morgan fingerprint density at radius 1 is 1.38 bits per heavy atom. The predicted molar refractivity (Wildman–Crippen MR) is 62.3 cm³/mol. The van der Waals surface area contributed by atoms with Crippen LogP contribution in [0.5, 0.6) is 0 Å². The monoisotopic (exact) mass is 219 g/mol. The predicted octanol–water partition coefficient (Wildman–Crippen LogP) is 1.94. The lowest BCUT2D eigenvalue weighted by Gasteiger charge is -2.09. The molecule has 0 bridgehead atoms. The SMILES string of the molecule is CN(C)Cc1ccc(C2CC2C(=O)O)cc1. The van der Waals surface area contributed by atoms with Crippen molar-refractivity contribution in [1.29, 1.82) is 0 Å². The molecule has 1 aliphatic carbocycles. The summed E-state index contributed by atoms with van der Waals surface area (Å²) in [6.07, 6.45) is 0.794. The summed E-state index contributed by atoms with van der Waals surface area (Å²) in [5, 5.41) is 8.85. The van der Waals surface area contributed by atoms with Gasteiger partial charge in [0.25, 0.3) is 0 Å². The van der Waals surface area contributed by atoms with Crippen molar-refractivity contribution in [2.45, 2.75) is 18.9 Å². The Kier molecular flexibility index (Phi) is 2.97. The van der Waals surface area contributed by atoms with Crippen molar-refractivity contribution in [3.63, 3.8) is 0 Å². The average Bonchev–Trinajstić information content (AvgIpc) is 2.97. The fourth-order valence-corrected chi connectivity index (χ4v) is 2.07. The van der Waals surface area contributed by atoms with Crippen molar-refractivity contribution < 1.29 is 9.90 Å². The van der Waals surface area contributed by atoms with Gasteiger partial charge in [-0.05, 0) is 37.6 Å². The lowest BCUT2D eigenvalue weighted by molar-refractivity contribution is -0.138. The summed E-state index contributed by atoms with van der Waals surface area (Å²) in [6, 6.07) is 8.30. The maximum Gasteiger partial charge on any atom is 0.307 e. The second-order valence-electron chi connectivity index (χ2n) is 4.77. The van der Waals surface area contributed by atoms with E-state index in [4.69, 9.17) is 5.11 Å². The summed E-state index contributed by atoms with van der Waals surface area (Å²) in [5.74, 6) is -0.576. The number of hydrogen-bond donors (Lipinski definition) is 1. The van der Waals surface area contributed by atoms with Gasteiger partial charge in [0, 0.05) is 6.54 Å². The molecule has 0 aromatic heterocycles. The van der Waals surface area contributed by atoms with Crippen LogP contribution < -0.4 is 0 Å². The largest absolute Gasteiger partial charge is 0.481 e. The molecule has 1 aliphatic rings. The number of carbonyl (C=O) groups is 1. The second-order valence-corrected chi connectivity index (χ2v) is 4.77. The highest BCUT2D eigenvalue weighted by atomic mass is 16.4. The summed E-state index contributed by atoms with van der Waals surface area (Å²) in [5.41, 5.74) is 2.43. The molecule has 0 heterocycles. The first-order chi connectivity index (χ1) is 7.58. The van der Waals surface area contributed by atoms with E-state index in [9.17, 15) is 4.79 Å². The van der Waals surface area contributed by atoms with Crippen LogP contribution in [0.25, 0.3) is 0 Å². The van der Waals surface area contributed by atoms with E-state index in [0.717, 1.165) is 18.5 Å². The third-order valence-electron chi connectivity index (χ3n) is 3.01. The maximum absolute atomic E-state index is 10.8. The molecule has 1 saturated carbocycles. The summed E-state index contributed by atoms with van der Waals surface area (Å²) in [7, 11) is 4.07. The minimum atomic E-state index is -0.664. The second kappa shape index (κ2) is 4.26. The van der Waals surface area contributed by atoms with Crippen LogP contribution in [0.15, 0.2) is 24.3 Å². The van der Waals surface area contributed by atoms with Gasteiger partial charge in [-0.2, -0.15) is 0 Å². The van der Waals surface area contributed by atoms with Gasteiger partial charge in [-0.3, -0.25) is 4.79 Å².